The van der Waals surface area contributed by atoms with Gasteiger partial charge in [-0.1, -0.05) is 6.92 Å². The monoisotopic (exact) mass is 197 g/mol. The van der Waals surface area contributed by atoms with Gasteiger partial charge in [0, 0.05) is 6.42 Å². The van der Waals surface area contributed by atoms with Crippen molar-refractivity contribution in [3.63, 3.8) is 0 Å². The number of aliphatic carboxylic acids is 2. The van der Waals surface area contributed by atoms with E-state index in [9.17, 15) is 9.59 Å². The molecule has 0 aliphatic carbocycles. The molecule has 0 spiro atoms. The number of nitrogens with zero attached hydrogens (tertiary/aromatic N) is 2. The molecule has 1 radical (unpaired) electrons. The Morgan fingerprint density at radius 1 is 1.21 bits per heavy atom. The molecule has 0 bridgehead atoms. The Bertz CT molecular complexity index is 343. The summed E-state index contributed by atoms with van der Waals surface area (Å²) in [5.74, 6) is -2.46. The molecule has 1 aliphatic heterocycles. The molecule has 0 fully saturated rings. The minimum absolute atomic E-state index is 0.266. The van der Waals surface area contributed by atoms with Crippen molar-refractivity contribution in [3.8, 4) is 0 Å². The fourth-order valence-corrected chi connectivity index (χ4v) is 1.02. The van der Waals surface area contributed by atoms with Crippen LogP contribution in [0.5, 0.6) is 0 Å². The van der Waals surface area contributed by atoms with Gasteiger partial charge in [-0.3, -0.25) is 0 Å². The molecule has 14 heavy (non-hydrogen) atoms. The third kappa shape index (κ3) is 1.90. The fraction of sp³-hybridized carbons (Fsp3) is 0.375. The van der Waals surface area contributed by atoms with Crippen LogP contribution in [0.2, 0.25) is 0 Å². The zero-order valence-corrected chi connectivity index (χ0v) is 7.52. The zero-order valence-electron chi connectivity index (χ0n) is 7.52. The molecule has 0 unspecified atom stereocenters. The van der Waals surface area contributed by atoms with Gasteiger partial charge in [-0.2, -0.15) is 0 Å². The second kappa shape index (κ2) is 3.91. The molecule has 2 N–H and O–H groups in total. The van der Waals surface area contributed by atoms with Crippen molar-refractivity contribution < 1.29 is 19.8 Å². The Morgan fingerprint density at radius 2 is 1.79 bits per heavy atom. The maximum Gasteiger partial charge on any atom is 0.357 e. The molecule has 0 atom stereocenters. The van der Waals surface area contributed by atoms with Crippen molar-refractivity contribution in [2.24, 2.45) is 4.99 Å². The number of carboxylic acids is 2. The highest BCUT2D eigenvalue weighted by atomic mass is 16.4. The first-order chi connectivity index (χ1) is 6.56. The van der Waals surface area contributed by atoms with Gasteiger partial charge in [-0.15, -0.1) is 0 Å². The van der Waals surface area contributed by atoms with Crippen LogP contribution in [0, 0.1) is 0 Å². The van der Waals surface area contributed by atoms with Crippen molar-refractivity contribution >= 4 is 17.8 Å². The summed E-state index contributed by atoms with van der Waals surface area (Å²) in [6, 6.07) is 0. The van der Waals surface area contributed by atoms with Crippen LogP contribution in [0.3, 0.4) is 0 Å². The van der Waals surface area contributed by atoms with Gasteiger partial charge in [0.2, 0.25) is 0 Å². The lowest BCUT2D eigenvalue weighted by Crippen LogP contribution is -2.17. The van der Waals surface area contributed by atoms with Crippen LogP contribution < -0.4 is 5.32 Å². The number of carboxylic acid groups (broad SMARTS) is 2. The van der Waals surface area contributed by atoms with Crippen LogP contribution in [-0.4, -0.2) is 28.0 Å². The van der Waals surface area contributed by atoms with Crippen LogP contribution in [0.25, 0.3) is 0 Å². The molecule has 0 amide bonds. The lowest BCUT2D eigenvalue weighted by molar-refractivity contribution is -0.136. The quantitative estimate of drug-likeness (QED) is 0.671. The molecule has 6 heteroatoms. The molecule has 0 aromatic rings. The van der Waals surface area contributed by atoms with E-state index in [1.165, 1.54) is 0 Å². The predicted octanol–water partition coefficient (Wildman–Crippen LogP) is 0.184. The van der Waals surface area contributed by atoms with E-state index in [1.807, 2.05) is 6.92 Å². The largest absolute Gasteiger partial charge is 0.476 e. The van der Waals surface area contributed by atoms with Crippen molar-refractivity contribution in [1.82, 2.24) is 5.32 Å². The summed E-state index contributed by atoms with van der Waals surface area (Å²) in [6.07, 6.45) is 1.22. The van der Waals surface area contributed by atoms with Crippen molar-refractivity contribution in [1.29, 1.82) is 0 Å². The second-order valence-electron chi connectivity index (χ2n) is 2.70. The van der Waals surface area contributed by atoms with Crippen LogP contribution in [0.4, 0.5) is 0 Å². The Kier molecular flexibility index (Phi) is 2.85. The SMILES string of the molecule is CCCC1=NC(C(=O)O)=C(C(=O)O)[N]1. The molecule has 0 aromatic carbocycles. The van der Waals surface area contributed by atoms with E-state index in [4.69, 9.17) is 10.2 Å². The van der Waals surface area contributed by atoms with E-state index in [2.05, 4.69) is 10.3 Å². The first-order valence-corrected chi connectivity index (χ1v) is 4.06. The predicted molar refractivity (Wildman–Crippen MR) is 46.8 cm³/mol. The maximum atomic E-state index is 10.6. The van der Waals surface area contributed by atoms with Gasteiger partial charge in [-0.05, 0) is 6.42 Å². The summed E-state index contributed by atoms with van der Waals surface area (Å²) >= 11 is 0. The van der Waals surface area contributed by atoms with E-state index in [0.717, 1.165) is 6.42 Å². The molecule has 1 heterocycles. The van der Waals surface area contributed by atoms with E-state index < -0.39 is 23.3 Å². The average Bonchev–Trinajstić information content (AvgIpc) is 2.49. The van der Waals surface area contributed by atoms with Gasteiger partial charge in [0.25, 0.3) is 0 Å². The molecule has 0 saturated heterocycles. The molecule has 1 rings (SSSR count). The summed E-state index contributed by atoms with van der Waals surface area (Å²) in [5, 5.41) is 20.9. The second-order valence-corrected chi connectivity index (χ2v) is 2.70. The molecule has 0 saturated carbocycles. The van der Waals surface area contributed by atoms with Gasteiger partial charge in [0.1, 0.15) is 5.84 Å². The normalized spacial score (nSPS) is 15.1. The number of hydrogen-bond donors (Lipinski definition) is 2. The highest BCUT2D eigenvalue weighted by Gasteiger charge is 2.28. The molecule has 1 aliphatic rings. The van der Waals surface area contributed by atoms with Gasteiger partial charge < -0.3 is 10.2 Å². The molecule has 75 valence electrons. The van der Waals surface area contributed by atoms with Crippen LogP contribution >= 0.6 is 0 Å². The molecular weight excluding hydrogens is 188 g/mol. The lowest BCUT2D eigenvalue weighted by atomic mass is 10.3. The average molecular weight is 197 g/mol. The van der Waals surface area contributed by atoms with E-state index in [1.54, 1.807) is 0 Å². The summed E-state index contributed by atoms with van der Waals surface area (Å²) in [6.45, 7) is 1.87. The first kappa shape index (κ1) is 10.2. The molecular formula is C8H9N2O4. The zero-order chi connectivity index (χ0) is 10.7. The number of carbonyl (C=O) groups is 2. The summed E-state index contributed by atoms with van der Waals surface area (Å²) in [4.78, 5) is 24.8. The highest BCUT2D eigenvalue weighted by Crippen LogP contribution is 2.15. The number of amidine groups is 1. The first-order valence-electron chi connectivity index (χ1n) is 4.06. The maximum absolute atomic E-state index is 10.6. The summed E-state index contributed by atoms with van der Waals surface area (Å²) < 4.78 is 0. The smallest absolute Gasteiger partial charge is 0.357 e. The topological polar surface area (TPSA) is 101 Å². The number of rotatable bonds is 4. The molecule has 0 aromatic heterocycles. The molecule has 6 nitrogen and oxygen atoms in total. The lowest BCUT2D eigenvalue weighted by Gasteiger charge is -1.96. The summed E-state index contributed by atoms with van der Waals surface area (Å²) in [5.41, 5.74) is -0.970. The van der Waals surface area contributed by atoms with E-state index >= 15 is 0 Å². The minimum Gasteiger partial charge on any atom is -0.476 e. The van der Waals surface area contributed by atoms with Crippen LogP contribution in [0.15, 0.2) is 16.4 Å². The Hall–Kier alpha value is -1.85. The standard InChI is InChI=1S/C8H9N2O4/c1-2-3-4-9-5(7(11)12)6(10-4)8(13)14/h2-3H2,1H3,(H,11,12)(H,13,14). The number of aliphatic imine (C=N–C) groups is 1. The van der Waals surface area contributed by atoms with Crippen LogP contribution in [-0.2, 0) is 9.59 Å². The van der Waals surface area contributed by atoms with Crippen molar-refractivity contribution in [2.75, 3.05) is 0 Å². The third-order valence-electron chi connectivity index (χ3n) is 1.58. The van der Waals surface area contributed by atoms with Gasteiger partial charge >= 0.3 is 11.9 Å². The van der Waals surface area contributed by atoms with E-state index in [0.29, 0.717) is 6.42 Å². The Morgan fingerprint density at radius 3 is 2.14 bits per heavy atom. The van der Waals surface area contributed by atoms with Crippen molar-refractivity contribution in [3.05, 3.63) is 11.4 Å². The minimum atomic E-state index is -1.36. The van der Waals surface area contributed by atoms with Gasteiger partial charge in [0.05, 0.1) is 0 Å². The third-order valence-corrected chi connectivity index (χ3v) is 1.58. The highest BCUT2D eigenvalue weighted by molar-refractivity contribution is 6.06. The van der Waals surface area contributed by atoms with Crippen molar-refractivity contribution in [2.45, 2.75) is 19.8 Å². The Balaban J connectivity index is 2.92. The fourth-order valence-electron chi connectivity index (χ4n) is 1.02. The van der Waals surface area contributed by atoms with Crippen LogP contribution in [0.1, 0.15) is 19.8 Å². The summed E-state index contributed by atoms with van der Waals surface area (Å²) in [7, 11) is 0. The Labute approximate surface area is 80.0 Å². The van der Waals surface area contributed by atoms with Gasteiger partial charge in [0.15, 0.2) is 11.4 Å². The van der Waals surface area contributed by atoms with Gasteiger partial charge in [-0.25, -0.2) is 19.9 Å². The van der Waals surface area contributed by atoms with E-state index in [-0.39, 0.29) is 5.84 Å². The number of hydrogen-bond acceptors (Lipinski definition) is 3.